The molecule has 47 heavy (non-hydrogen) atoms. The van der Waals surface area contributed by atoms with Crippen LogP contribution < -0.4 is 5.32 Å². The molecule has 2 N–H and O–H groups in total. The summed E-state index contributed by atoms with van der Waals surface area (Å²) < 4.78 is 13.6. The number of hydrogen-bond acceptors (Lipinski definition) is 3. The van der Waals surface area contributed by atoms with E-state index in [1.54, 1.807) is 12.1 Å². The summed E-state index contributed by atoms with van der Waals surface area (Å²) in [5, 5.41) is 13.5. The van der Waals surface area contributed by atoms with E-state index in [1.165, 1.54) is 80.3 Å². The molecule has 4 fully saturated rings. The Morgan fingerprint density at radius 2 is 1.68 bits per heavy atom. The van der Waals surface area contributed by atoms with Crippen molar-refractivity contribution in [1.29, 1.82) is 0 Å². The van der Waals surface area contributed by atoms with E-state index >= 15 is 0 Å². The number of hydrogen-bond donors (Lipinski definition) is 2. The van der Waals surface area contributed by atoms with Crippen LogP contribution in [-0.4, -0.2) is 21.6 Å². The highest BCUT2D eigenvalue weighted by Crippen LogP contribution is 2.76. The lowest BCUT2D eigenvalue weighted by Crippen LogP contribution is -2.67. The minimum atomic E-state index is -0.871. The molecule has 5 heteroatoms. The topological polar surface area (TPSA) is 62.2 Å². The first kappa shape index (κ1) is 32.7. The number of halogens is 1. The van der Waals surface area contributed by atoms with Crippen LogP contribution in [0.4, 0.5) is 4.39 Å². The van der Waals surface area contributed by atoms with Crippen molar-refractivity contribution >= 4 is 11.5 Å². The number of carboxylic acids is 1. The van der Waals surface area contributed by atoms with Gasteiger partial charge in [-0.1, -0.05) is 65.0 Å². The van der Waals surface area contributed by atoms with Gasteiger partial charge in [-0.2, -0.15) is 0 Å². The van der Waals surface area contributed by atoms with Crippen molar-refractivity contribution in [3.8, 4) is 0 Å². The highest BCUT2D eigenvalue weighted by atomic mass is 19.1. The summed E-state index contributed by atoms with van der Waals surface area (Å²) in [5.74, 6) is 1.83. The van der Waals surface area contributed by atoms with Crippen LogP contribution in [0, 0.1) is 57.1 Å². The Kier molecular flexibility index (Phi) is 7.75. The van der Waals surface area contributed by atoms with Crippen LogP contribution >= 0.6 is 0 Å². The molecule has 4 nitrogen and oxygen atoms in total. The van der Waals surface area contributed by atoms with Gasteiger partial charge in [0.05, 0.1) is 17.5 Å². The number of aromatic nitrogens is 1. The predicted molar refractivity (Wildman–Crippen MR) is 187 cm³/mol. The number of carbonyl (C=O) groups is 1. The van der Waals surface area contributed by atoms with Crippen LogP contribution in [0.25, 0.3) is 5.57 Å². The van der Waals surface area contributed by atoms with Crippen molar-refractivity contribution < 1.29 is 14.3 Å². The monoisotopic (exact) mass is 638 g/mol. The highest BCUT2D eigenvalue weighted by molar-refractivity contribution is 5.88. The zero-order valence-corrected chi connectivity index (χ0v) is 29.5. The first-order chi connectivity index (χ1) is 22.2. The molecule has 3 unspecified atom stereocenters. The molecule has 7 rings (SSSR count). The van der Waals surface area contributed by atoms with E-state index < -0.39 is 5.97 Å². The summed E-state index contributed by atoms with van der Waals surface area (Å²) in [6.07, 6.45) is 14.8. The Morgan fingerprint density at radius 1 is 0.936 bits per heavy atom. The second-order valence-corrected chi connectivity index (χ2v) is 17.6. The molecule has 5 aliphatic carbocycles. The average molecular weight is 639 g/mol. The normalized spacial score (nSPS) is 40.3. The zero-order valence-electron chi connectivity index (χ0n) is 29.5. The van der Waals surface area contributed by atoms with Gasteiger partial charge >= 0.3 is 5.97 Å². The number of pyridine rings is 1. The van der Waals surface area contributed by atoms with Gasteiger partial charge in [0.1, 0.15) is 5.82 Å². The molecule has 1 heterocycles. The number of allylic oxidation sites excluding steroid dienone is 3. The second kappa shape index (κ2) is 11.1. The molecule has 0 saturated heterocycles. The standard InChI is InChI=1S/C42H55FN2O2/c1-26(2)31-16-21-42(45-25-30-13-12-29(43)24-44-30)23-22-40(6)33(36(31)42)14-15-35-39(5)19-17-32(27-8-10-28(11-9-27)37(46)47)38(3,4)34(39)18-20-41(35,40)7/h8-13,17,24,31,33-36,45H,1,14-16,18-23,25H2,2-7H3,(H,46,47)/t31-,33+,34?,35?,36?,39-,40+,41+,42-/m0/s1. The fourth-order valence-corrected chi connectivity index (χ4v) is 13.1. The average Bonchev–Trinajstić information content (AvgIpc) is 3.41. The summed E-state index contributed by atoms with van der Waals surface area (Å²) in [6, 6.07) is 10.9. The van der Waals surface area contributed by atoms with Crippen LogP contribution in [-0.2, 0) is 6.54 Å². The number of rotatable bonds is 6. The third-order valence-corrected chi connectivity index (χ3v) is 15.5. The zero-order chi connectivity index (χ0) is 33.6. The molecular formula is C42H55FN2O2. The van der Waals surface area contributed by atoms with Crippen LogP contribution in [0.1, 0.15) is 121 Å². The molecule has 0 aliphatic heterocycles. The van der Waals surface area contributed by atoms with Gasteiger partial charge in [0, 0.05) is 12.1 Å². The van der Waals surface area contributed by atoms with Crippen molar-refractivity contribution in [2.45, 2.75) is 111 Å². The SMILES string of the molecule is C=C(C)[C@@H]1CC[C@]2(NCc3ccc(F)cn3)CC[C@]3(C)[C@H](CCC4[C@@]5(C)CC=C(c6ccc(C(=O)O)cc6)C(C)(C)C5CC[C@]43C)C12. The fraction of sp³-hybridized carbons (Fsp3) is 0.619. The van der Waals surface area contributed by atoms with Gasteiger partial charge in [0.15, 0.2) is 0 Å². The molecule has 9 atom stereocenters. The van der Waals surface area contributed by atoms with E-state index in [0.717, 1.165) is 12.1 Å². The summed E-state index contributed by atoms with van der Waals surface area (Å²) in [4.78, 5) is 15.9. The maximum atomic E-state index is 13.6. The van der Waals surface area contributed by atoms with Crippen molar-refractivity contribution in [2.75, 3.05) is 0 Å². The number of nitrogens with zero attached hydrogens (tertiary/aromatic N) is 1. The number of benzene rings is 1. The van der Waals surface area contributed by atoms with Gasteiger partial charge in [-0.25, -0.2) is 9.18 Å². The van der Waals surface area contributed by atoms with Crippen molar-refractivity contribution in [3.05, 3.63) is 83.5 Å². The predicted octanol–water partition coefficient (Wildman–Crippen LogP) is 10.1. The summed E-state index contributed by atoms with van der Waals surface area (Å²) in [5.41, 5.74) is 5.99. The minimum absolute atomic E-state index is 0.00729. The molecule has 5 aliphatic rings. The van der Waals surface area contributed by atoms with Gasteiger partial charge in [0.25, 0.3) is 0 Å². The molecule has 0 bridgehead atoms. The van der Waals surface area contributed by atoms with Gasteiger partial charge in [-0.05, 0) is 151 Å². The molecule has 1 aromatic carbocycles. The molecule has 1 aromatic heterocycles. The maximum absolute atomic E-state index is 13.6. The van der Waals surface area contributed by atoms with E-state index in [0.29, 0.717) is 41.7 Å². The quantitative estimate of drug-likeness (QED) is 0.309. The molecule has 4 saturated carbocycles. The van der Waals surface area contributed by atoms with Gasteiger partial charge in [-0.3, -0.25) is 4.98 Å². The van der Waals surface area contributed by atoms with Crippen molar-refractivity contribution in [2.24, 2.45) is 51.2 Å². The maximum Gasteiger partial charge on any atom is 0.335 e. The van der Waals surface area contributed by atoms with Crippen molar-refractivity contribution in [1.82, 2.24) is 10.3 Å². The first-order valence-electron chi connectivity index (χ1n) is 18.2. The van der Waals surface area contributed by atoms with E-state index in [1.807, 2.05) is 18.2 Å². The Bertz CT molecular complexity index is 1600. The lowest BCUT2D eigenvalue weighted by Gasteiger charge is -2.72. The highest BCUT2D eigenvalue weighted by Gasteiger charge is 2.70. The van der Waals surface area contributed by atoms with Gasteiger partial charge in [0.2, 0.25) is 0 Å². The lowest BCUT2D eigenvalue weighted by atomic mass is 9.33. The van der Waals surface area contributed by atoms with Crippen LogP contribution in [0.15, 0.2) is 60.8 Å². The number of nitrogens with one attached hydrogen (secondary N) is 1. The molecule has 0 spiro atoms. The number of aromatic carboxylic acids is 1. The fourth-order valence-electron chi connectivity index (χ4n) is 13.1. The van der Waals surface area contributed by atoms with Crippen molar-refractivity contribution in [3.63, 3.8) is 0 Å². The molecule has 252 valence electrons. The van der Waals surface area contributed by atoms with Gasteiger partial charge in [-0.15, -0.1) is 0 Å². The van der Waals surface area contributed by atoms with Crippen LogP contribution in [0.3, 0.4) is 0 Å². The molecule has 0 radical (unpaired) electrons. The Morgan fingerprint density at radius 3 is 2.34 bits per heavy atom. The van der Waals surface area contributed by atoms with Crippen LogP contribution in [0.5, 0.6) is 0 Å². The molecule has 0 amide bonds. The van der Waals surface area contributed by atoms with Gasteiger partial charge < -0.3 is 10.4 Å². The summed E-state index contributed by atoms with van der Waals surface area (Å²) in [7, 11) is 0. The van der Waals surface area contributed by atoms with E-state index in [2.05, 4.69) is 64.5 Å². The van der Waals surface area contributed by atoms with E-state index in [-0.39, 0.29) is 33.0 Å². The Balaban J connectivity index is 1.20. The van der Waals surface area contributed by atoms with E-state index in [4.69, 9.17) is 0 Å². The third kappa shape index (κ3) is 4.76. The second-order valence-electron chi connectivity index (χ2n) is 17.6. The number of fused-ring (bicyclic) bond motifs is 7. The minimum Gasteiger partial charge on any atom is -0.478 e. The number of carboxylic acid groups (broad SMARTS) is 1. The molecule has 2 aromatic rings. The third-order valence-electron chi connectivity index (χ3n) is 15.5. The van der Waals surface area contributed by atoms with Crippen LogP contribution in [0.2, 0.25) is 0 Å². The Hall–Kier alpha value is -2.79. The van der Waals surface area contributed by atoms with E-state index in [9.17, 15) is 14.3 Å². The summed E-state index contributed by atoms with van der Waals surface area (Å²) >= 11 is 0. The summed E-state index contributed by atoms with van der Waals surface area (Å²) in [6.45, 7) is 20.4. The lowest BCUT2D eigenvalue weighted by molar-refractivity contribution is -0.219. The Labute approximate surface area is 281 Å². The smallest absolute Gasteiger partial charge is 0.335 e. The largest absolute Gasteiger partial charge is 0.478 e. The first-order valence-corrected chi connectivity index (χ1v) is 18.2. The molecular weight excluding hydrogens is 583 g/mol.